The molecule has 0 aromatic heterocycles. The number of likely N-dealkylation sites (tertiary alicyclic amines) is 1. The van der Waals surface area contributed by atoms with E-state index in [0.717, 1.165) is 5.56 Å². The molecule has 0 spiro atoms. The molecule has 3 atom stereocenters. The molecule has 2 saturated heterocycles. The Kier molecular flexibility index (Phi) is 9.78. The lowest BCUT2D eigenvalue weighted by molar-refractivity contribution is -0.146. The van der Waals surface area contributed by atoms with E-state index in [0.29, 0.717) is 39.1 Å². The molecule has 1 N–H and O–H groups in total. The summed E-state index contributed by atoms with van der Waals surface area (Å²) in [5.41, 5.74) is 0.301. The summed E-state index contributed by atoms with van der Waals surface area (Å²) in [6, 6.07) is 9.16. The minimum atomic E-state index is -0.608. The Balaban J connectivity index is 1.67. The zero-order valence-electron chi connectivity index (χ0n) is 22.9. The lowest BCUT2D eigenvalue weighted by Crippen LogP contribution is -2.60. The molecular formula is C27H42N4O6. The number of amides is 2. The van der Waals surface area contributed by atoms with Crippen molar-refractivity contribution in [2.24, 2.45) is 0 Å². The second-order valence-electron chi connectivity index (χ2n) is 11.0. The van der Waals surface area contributed by atoms with Gasteiger partial charge in [0.2, 0.25) is 0 Å². The van der Waals surface area contributed by atoms with Crippen molar-refractivity contribution in [2.45, 2.75) is 77.4 Å². The molecule has 3 rings (SSSR count). The molecule has 1 aromatic carbocycles. The summed E-state index contributed by atoms with van der Waals surface area (Å²) in [7, 11) is 1.41. The van der Waals surface area contributed by atoms with Crippen molar-refractivity contribution >= 4 is 18.2 Å². The Morgan fingerprint density at radius 2 is 1.76 bits per heavy atom. The molecule has 0 aliphatic carbocycles. The Morgan fingerprint density at radius 3 is 2.38 bits per heavy atom. The fraction of sp³-hybridized carbons (Fsp3) is 0.667. The van der Waals surface area contributed by atoms with Crippen molar-refractivity contribution in [3.63, 3.8) is 0 Å². The third kappa shape index (κ3) is 8.07. The summed E-state index contributed by atoms with van der Waals surface area (Å²) in [6.07, 6.45) is -0.194. The number of methoxy groups -OCH3 is 1. The third-order valence-corrected chi connectivity index (χ3v) is 6.69. The molecule has 1 unspecified atom stereocenters. The summed E-state index contributed by atoms with van der Waals surface area (Å²) >= 11 is 0. The zero-order chi connectivity index (χ0) is 27.2. The van der Waals surface area contributed by atoms with Gasteiger partial charge in [0, 0.05) is 44.8 Å². The maximum absolute atomic E-state index is 13.1. The highest BCUT2D eigenvalue weighted by Crippen LogP contribution is 2.23. The monoisotopic (exact) mass is 518 g/mol. The SMILES string of the molecule is COC(=O)[C@H]1C[C@@H](NCC2CN(C(=O)OC(C)(C)C)CCN2C(=O)OCc2ccccc2)CN1C(C)C. The van der Waals surface area contributed by atoms with Crippen LogP contribution >= 0.6 is 0 Å². The number of hydrogen-bond acceptors (Lipinski definition) is 8. The molecule has 1 aromatic rings. The fourth-order valence-corrected chi connectivity index (χ4v) is 4.81. The zero-order valence-corrected chi connectivity index (χ0v) is 22.9. The summed E-state index contributed by atoms with van der Waals surface area (Å²) in [5, 5.41) is 3.53. The predicted octanol–water partition coefficient (Wildman–Crippen LogP) is 2.86. The molecule has 206 valence electrons. The molecule has 10 nitrogen and oxygen atoms in total. The van der Waals surface area contributed by atoms with Gasteiger partial charge in [-0.2, -0.15) is 0 Å². The molecule has 0 bridgehead atoms. The van der Waals surface area contributed by atoms with Crippen LogP contribution < -0.4 is 5.32 Å². The topological polar surface area (TPSA) is 101 Å². The van der Waals surface area contributed by atoms with Crippen LogP contribution in [0.3, 0.4) is 0 Å². The van der Waals surface area contributed by atoms with Crippen LogP contribution in [0.4, 0.5) is 9.59 Å². The van der Waals surface area contributed by atoms with Crippen molar-refractivity contribution < 1.29 is 28.6 Å². The summed E-state index contributed by atoms with van der Waals surface area (Å²) in [4.78, 5) is 43.6. The number of hydrogen-bond donors (Lipinski definition) is 1. The highest BCUT2D eigenvalue weighted by molar-refractivity contribution is 5.76. The van der Waals surface area contributed by atoms with Gasteiger partial charge in [-0.3, -0.25) is 9.69 Å². The van der Waals surface area contributed by atoms with Crippen LogP contribution in [0, 0.1) is 0 Å². The van der Waals surface area contributed by atoms with Gasteiger partial charge < -0.3 is 29.3 Å². The number of piperazine rings is 1. The van der Waals surface area contributed by atoms with Crippen molar-refractivity contribution in [3.05, 3.63) is 35.9 Å². The Bertz CT molecular complexity index is 919. The predicted molar refractivity (Wildman–Crippen MR) is 139 cm³/mol. The van der Waals surface area contributed by atoms with E-state index in [-0.39, 0.29) is 36.7 Å². The van der Waals surface area contributed by atoms with Gasteiger partial charge in [0.25, 0.3) is 0 Å². The number of ether oxygens (including phenoxy) is 3. The maximum atomic E-state index is 13.1. The smallest absolute Gasteiger partial charge is 0.410 e. The quantitative estimate of drug-likeness (QED) is 0.435. The van der Waals surface area contributed by atoms with Crippen LogP contribution in [0.25, 0.3) is 0 Å². The number of nitrogens with one attached hydrogen (secondary N) is 1. The molecule has 0 saturated carbocycles. The number of carbonyl (C=O) groups excluding carboxylic acids is 3. The maximum Gasteiger partial charge on any atom is 0.410 e. The highest BCUT2D eigenvalue weighted by atomic mass is 16.6. The average Bonchev–Trinajstić information content (AvgIpc) is 3.30. The fourth-order valence-electron chi connectivity index (χ4n) is 4.81. The standard InChI is InChI=1S/C27H42N4O6/c1-19(2)31-16-21(14-23(31)24(32)35-6)28-15-22-17-29(25(33)37-27(3,4)5)12-13-30(22)26(34)36-18-20-10-8-7-9-11-20/h7-11,19,21-23,28H,12-18H2,1-6H3/t21-,22?,23-/m1/s1. The average molecular weight is 519 g/mol. The summed E-state index contributed by atoms with van der Waals surface area (Å²) < 4.78 is 16.2. The Hall–Kier alpha value is -2.85. The largest absolute Gasteiger partial charge is 0.468 e. The molecule has 37 heavy (non-hydrogen) atoms. The first-order chi connectivity index (χ1) is 17.5. The van der Waals surface area contributed by atoms with Crippen LogP contribution in [0.2, 0.25) is 0 Å². The van der Waals surface area contributed by atoms with Gasteiger partial charge in [-0.15, -0.1) is 0 Å². The number of nitrogens with zero attached hydrogens (tertiary/aromatic N) is 3. The van der Waals surface area contributed by atoms with Crippen LogP contribution in [0.1, 0.15) is 46.6 Å². The number of carbonyl (C=O) groups is 3. The first-order valence-corrected chi connectivity index (χ1v) is 13.0. The molecule has 2 fully saturated rings. The van der Waals surface area contributed by atoms with Crippen LogP contribution in [0.5, 0.6) is 0 Å². The van der Waals surface area contributed by atoms with Crippen LogP contribution in [-0.4, -0.2) is 102 Å². The van der Waals surface area contributed by atoms with Gasteiger partial charge in [-0.05, 0) is 46.6 Å². The van der Waals surface area contributed by atoms with Gasteiger partial charge >= 0.3 is 18.2 Å². The van der Waals surface area contributed by atoms with Gasteiger partial charge in [0.05, 0.1) is 13.2 Å². The normalized spacial score (nSPS) is 22.7. The van der Waals surface area contributed by atoms with Crippen molar-refractivity contribution in [1.29, 1.82) is 0 Å². The van der Waals surface area contributed by atoms with Gasteiger partial charge in [-0.1, -0.05) is 30.3 Å². The summed E-state index contributed by atoms with van der Waals surface area (Å²) in [6.45, 7) is 12.0. The van der Waals surface area contributed by atoms with Gasteiger partial charge in [0.15, 0.2) is 0 Å². The molecule has 2 amide bonds. The van der Waals surface area contributed by atoms with E-state index in [4.69, 9.17) is 14.2 Å². The van der Waals surface area contributed by atoms with Gasteiger partial charge in [-0.25, -0.2) is 9.59 Å². The molecular weight excluding hydrogens is 476 g/mol. The van der Waals surface area contributed by atoms with Crippen LogP contribution in [0.15, 0.2) is 30.3 Å². The van der Waals surface area contributed by atoms with E-state index in [1.54, 1.807) is 9.80 Å². The van der Waals surface area contributed by atoms with Gasteiger partial charge in [0.1, 0.15) is 18.2 Å². The molecule has 10 heteroatoms. The van der Waals surface area contributed by atoms with Crippen LogP contribution in [-0.2, 0) is 25.6 Å². The Morgan fingerprint density at radius 1 is 1.05 bits per heavy atom. The first kappa shape index (κ1) is 28.7. The Labute approximate surface area is 220 Å². The molecule has 2 aliphatic rings. The lowest BCUT2D eigenvalue weighted by Gasteiger charge is -2.41. The minimum Gasteiger partial charge on any atom is -0.468 e. The van der Waals surface area contributed by atoms with E-state index < -0.39 is 17.8 Å². The number of esters is 1. The van der Waals surface area contributed by atoms with E-state index in [1.807, 2.05) is 51.1 Å². The number of benzene rings is 1. The first-order valence-electron chi connectivity index (χ1n) is 13.0. The van der Waals surface area contributed by atoms with E-state index in [9.17, 15) is 14.4 Å². The minimum absolute atomic E-state index is 0.0468. The van der Waals surface area contributed by atoms with Crippen molar-refractivity contribution in [3.8, 4) is 0 Å². The summed E-state index contributed by atoms with van der Waals surface area (Å²) in [5.74, 6) is -0.238. The lowest BCUT2D eigenvalue weighted by atomic mass is 10.1. The molecule has 2 aliphatic heterocycles. The molecule has 2 heterocycles. The van der Waals surface area contributed by atoms with Crippen molar-refractivity contribution in [2.75, 3.05) is 39.8 Å². The molecule has 0 radical (unpaired) electrons. The third-order valence-electron chi connectivity index (χ3n) is 6.69. The second-order valence-corrected chi connectivity index (χ2v) is 11.0. The van der Waals surface area contributed by atoms with E-state index >= 15 is 0 Å². The van der Waals surface area contributed by atoms with E-state index in [2.05, 4.69) is 24.1 Å². The highest BCUT2D eigenvalue weighted by Gasteiger charge is 2.40. The van der Waals surface area contributed by atoms with E-state index in [1.165, 1.54) is 7.11 Å². The number of rotatable bonds is 7. The van der Waals surface area contributed by atoms with Crippen molar-refractivity contribution in [1.82, 2.24) is 20.0 Å². The second kappa shape index (κ2) is 12.6.